The number of aromatic nitrogens is 2. The Morgan fingerprint density at radius 2 is 1.88 bits per heavy atom. The maximum Gasteiger partial charge on any atom is 0.234 e. The lowest BCUT2D eigenvalue weighted by molar-refractivity contribution is -0.144. The van der Waals surface area contributed by atoms with E-state index in [-0.39, 0.29) is 17.2 Å². The summed E-state index contributed by atoms with van der Waals surface area (Å²) in [5.41, 5.74) is -0.277. The standard InChI is InChI=1S/C18H26N4O2/c1-13-11-14(12-13)16(23)21-8-4-18(5-9-21)6-10-22(17(18)24)15-3-7-20(2)19-15/h3,7,13-14H,4-6,8-12H2,1-2H3. The number of hydrogen-bond donors (Lipinski definition) is 0. The quantitative estimate of drug-likeness (QED) is 0.831. The fourth-order valence-electron chi connectivity index (χ4n) is 4.57. The van der Waals surface area contributed by atoms with Gasteiger partial charge in [-0.3, -0.25) is 19.2 Å². The van der Waals surface area contributed by atoms with Crippen LogP contribution in [0.1, 0.15) is 39.0 Å². The number of aryl methyl sites for hydroxylation is 1. The maximum atomic E-state index is 13.0. The van der Waals surface area contributed by atoms with E-state index in [9.17, 15) is 9.59 Å². The monoisotopic (exact) mass is 330 g/mol. The third-order valence-corrected chi connectivity index (χ3v) is 6.24. The molecule has 0 N–H and O–H groups in total. The Kier molecular flexibility index (Phi) is 3.66. The second-order valence-electron chi connectivity index (χ2n) is 7.93. The minimum atomic E-state index is -0.277. The number of carbonyl (C=O) groups excluding carboxylic acids is 2. The van der Waals surface area contributed by atoms with E-state index in [0.717, 1.165) is 57.6 Å². The van der Waals surface area contributed by atoms with Crippen LogP contribution in [0.3, 0.4) is 0 Å². The first-order chi connectivity index (χ1) is 11.5. The summed E-state index contributed by atoms with van der Waals surface area (Å²) in [6.07, 6.45) is 6.41. The van der Waals surface area contributed by atoms with Crippen LogP contribution in [0, 0.1) is 17.3 Å². The molecule has 1 aromatic rings. The smallest absolute Gasteiger partial charge is 0.234 e. The summed E-state index contributed by atoms with van der Waals surface area (Å²) in [6.45, 7) is 4.40. The highest BCUT2D eigenvalue weighted by molar-refractivity contribution is 5.99. The number of carbonyl (C=O) groups is 2. The van der Waals surface area contributed by atoms with E-state index >= 15 is 0 Å². The number of anilines is 1. The summed E-state index contributed by atoms with van der Waals surface area (Å²) < 4.78 is 1.73. The van der Waals surface area contributed by atoms with Crippen molar-refractivity contribution < 1.29 is 9.59 Å². The highest BCUT2D eigenvalue weighted by Gasteiger charge is 2.50. The first-order valence-electron chi connectivity index (χ1n) is 9.09. The van der Waals surface area contributed by atoms with E-state index in [0.29, 0.717) is 11.8 Å². The lowest BCUT2D eigenvalue weighted by Gasteiger charge is -2.41. The Bertz CT molecular complexity index is 654. The highest BCUT2D eigenvalue weighted by atomic mass is 16.2. The maximum absolute atomic E-state index is 13.0. The molecule has 2 aliphatic heterocycles. The van der Waals surface area contributed by atoms with Crippen LogP contribution in [0.2, 0.25) is 0 Å². The van der Waals surface area contributed by atoms with Gasteiger partial charge < -0.3 is 4.90 Å². The van der Waals surface area contributed by atoms with E-state index in [4.69, 9.17) is 0 Å². The van der Waals surface area contributed by atoms with Crippen molar-refractivity contribution >= 4 is 17.6 Å². The van der Waals surface area contributed by atoms with E-state index < -0.39 is 0 Å². The van der Waals surface area contributed by atoms with Crippen LogP contribution in [0.15, 0.2) is 12.3 Å². The minimum absolute atomic E-state index is 0.200. The van der Waals surface area contributed by atoms with Gasteiger partial charge in [-0.05, 0) is 38.0 Å². The van der Waals surface area contributed by atoms with Crippen LogP contribution < -0.4 is 4.90 Å². The predicted octanol–water partition coefficient (Wildman–Crippen LogP) is 1.81. The number of hydrogen-bond acceptors (Lipinski definition) is 3. The van der Waals surface area contributed by atoms with E-state index in [2.05, 4.69) is 12.0 Å². The lowest BCUT2D eigenvalue weighted by atomic mass is 9.73. The van der Waals surface area contributed by atoms with Gasteiger partial charge >= 0.3 is 0 Å². The summed E-state index contributed by atoms with van der Waals surface area (Å²) >= 11 is 0. The average molecular weight is 330 g/mol. The lowest BCUT2D eigenvalue weighted by Crippen LogP contribution is -2.49. The van der Waals surface area contributed by atoms with Gasteiger partial charge in [0.2, 0.25) is 11.8 Å². The van der Waals surface area contributed by atoms with Crippen LogP contribution in [0.4, 0.5) is 5.82 Å². The van der Waals surface area contributed by atoms with E-state index in [1.807, 2.05) is 29.1 Å². The summed E-state index contributed by atoms with van der Waals surface area (Å²) in [7, 11) is 1.87. The zero-order valence-electron chi connectivity index (χ0n) is 14.6. The molecule has 1 saturated carbocycles. The Hall–Kier alpha value is -1.85. The minimum Gasteiger partial charge on any atom is -0.342 e. The second-order valence-corrected chi connectivity index (χ2v) is 7.93. The summed E-state index contributed by atoms with van der Waals surface area (Å²) in [6, 6.07) is 1.90. The molecule has 3 heterocycles. The zero-order valence-corrected chi connectivity index (χ0v) is 14.6. The molecule has 3 fully saturated rings. The van der Waals surface area contributed by atoms with Crippen molar-refractivity contribution in [3.8, 4) is 0 Å². The van der Waals surface area contributed by atoms with Crippen molar-refractivity contribution in [1.82, 2.24) is 14.7 Å². The van der Waals surface area contributed by atoms with Crippen LogP contribution >= 0.6 is 0 Å². The molecule has 6 nitrogen and oxygen atoms in total. The van der Waals surface area contributed by atoms with Gasteiger partial charge in [-0.25, -0.2) is 0 Å². The fraction of sp³-hybridized carbons (Fsp3) is 0.722. The van der Waals surface area contributed by atoms with Crippen LogP contribution in [0.5, 0.6) is 0 Å². The molecular formula is C18H26N4O2. The second kappa shape index (κ2) is 5.60. The first-order valence-corrected chi connectivity index (χ1v) is 9.09. The molecule has 1 spiro atoms. The average Bonchev–Trinajstić information content (AvgIpc) is 3.10. The number of rotatable bonds is 2. The summed E-state index contributed by atoms with van der Waals surface area (Å²) in [5, 5.41) is 4.37. The highest BCUT2D eigenvalue weighted by Crippen LogP contribution is 2.43. The fourth-order valence-corrected chi connectivity index (χ4v) is 4.57. The van der Waals surface area contributed by atoms with Crippen LogP contribution in [-0.2, 0) is 16.6 Å². The van der Waals surface area contributed by atoms with Gasteiger partial charge in [0.25, 0.3) is 0 Å². The van der Waals surface area contributed by atoms with Gasteiger partial charge in [-0.15, -0.1) is 0 Å². The van der Waals surface area contributed by atoms with Gasteiger partial charge in [0.05, 0.1) is 5.41 Å². The third kappa shape index (κ3) is 2.43. The molecule has 0 atom stereocenters. The molecule has 4 rings (SSSR count). The largest absolute Gasteiger partial charge is 0.342 e. The van der Waals surface area contributed by atoms with Gasteiger partial charge in [0.1, 0.15) is 0 Å². The Morgan fingerprint density at radius 1 is 1.21 bits per heavy atom. The molecule has 0 bridgehead atoms. The van der Waals surface area contributed by atoms with Crippen molar-refractivity contribution in [3.05, 3.63) is 12.3 Å². The number of nitrogens with zero attached hydrogens (tertiary/aromatic N) is 4. The molecule has 2 amide bonds. The Balaban J connectivity index is 1.40. The van der Waals surface area contributed by atoms with Crippen LogP contribution in [0.25, 0.3) is 0 Å². The molecule has 1 aliphatic carbocycles. The zero-order chi connectivity index (χ0) is 16.9. The first kappa shape index (κ1) is 15.7. The van der Waals surface area contributed by atoms with Gasteiger partial charge in [0, 0.05) is 44.9 Å². The van der Waals surface area contributed by atoms with E-state index in [1.165, 1.54) is 0 Å². The van der Waals surface area contributed by atoms with Crippen LogP contribution in [-0.4, -0.2) is 46.1 Å². The molecule has 0 unspecified atom stereocenters. The van der Waals surface area contributed by atoms with Gasteiger partial charge in [-0.2, -0.15) is 5.10 Å². The topological polar surface area (TPSA) is 58.4 Å². The van der Waals surface area contributed by atoms with Crippen molar-refractivity contribution in [2.75, 3.05) is 24.5 Å². The normalized spacial score (nSPS) is 29.2. The molecule has 24 heavy (non-hydrogen) atoms. The van der Waals surface area contributed by atoms with Crippen molar-refractivity contribution in [3.63, 3.8) is 0 Å². The molecule has 3 aliphatic rings. The van der Waals surface area contributed by atoms with Gasteiger partial charge in [0.15, 0.2) is 5.82 Å². The van der Waals surface area contributed by atoms with Crippen molar-refractivity contribution in [2.24, 2.45) is 24.3 Å². The van der Waals surface area contributed by atoms with Gasteiger partial charge in [-0.1, -0.05) is 6.92 Å². The predicted molar refractivity (Wildman–Crippen MR) is 90.3 cm³/mol. The molecule has 1 aromatic heterocycles. The number of likely N-dealkylation sites (tertiary alicyclic amines) is 1. The third-order valence-electron chi connectivity index (χ3n) is 6.24. The molecule has 2 saturated heterocycles. The summed E-state index contributed by atoms with van der Waals surface area (Å²) in [5.74, 6) is 2.19. The van der Waals surface area contributed by atoms with Crippen molar-refractivity contribution in [2.45, 2.75) is 39.0 Å². The number of amides is 2. The number of piperidine rings is 1. The SMILES string of the molecule is CC1CC(C(=O)N2CCC3(CC2)CCN(c2ccn(C)n2)C3=O)C1. The van der Waals surface area contributed by atoms with E-state index in [1.54, 1.807) is 4.68 Å². The Labute approximate surface area is 142 Å². The molecule has 130 valence electrons. The molecular weight excluding hydrogens is 304 g/mol. The molecule has 6 heteroatoms. The summed E-state index contributed by atoms with van der Waals surface area (Å²) in [4.78, 5) is 29.3. The Morgan fingerprint density at radius 3 is 2.46 bits per heavy atom. The molecule has 0 radical (unpaired) electrons. The molecule has 0 aromatic carbocycles. The van der Waals surface area contributed by atoms with Crippen molar-refractivity contribution in [1.29, 1.82) is 0 Å².